The van der Waals surface area contributed by atoms with Crippen molar-refractivity contribution >= 4 is 32.4 Å². The number of aromatic nitrogens is 1. The van der Waals surface area contributed by atoms with Gasteiger partial charge in [-0.15, -0.1) is 13.2 Å². The number of hydrogen-bond donors (Lipinski definition) is 1. The Bertz CT molecular complexity index is 535. The maximum Gasteiger partial charge on any atom is 0.187 e. The van der Waals surface area contributed by atoms with Crippen LogP contribution in [0.2, 0.25) is 0 Å². The normalized spacial score (nSPS) is 10.4. The molecule has 0 radical (unpaired) electrons. The van der Waals surface area contributed by atoms with E-state index in [2.05, 4.69) is 23.0 Å². The van der Waals surface area contributed by atoms with E-state index in [-0.39, 0.29) is 0 Å². The molecule has 0 bridgehead atoms. The molecule has 0 saturated heterocycles. The van der Waals surface area contributed by atoms with Crippen LogP contribution in [0, 0.1) is 0 Å². The van der Waals surface area contributed by atoms with Gasteiger partial charge < -0.3 is 10.6 Å². The number of benzene rings is 1. The van der Waals surface area contributed by atoms with Crippen LogP contribution in [0.25, 0.3) is 10.2 Å². The first-order chi connectivity index (χ1) is 8.24. The summed E-state index contributed by atoms with van der Waals surface area (Å²) in [7, 11) is 0. The fourth-order valence-corrected chi connectivity index (χ4v) is 2.64. The summed E-state index contributed by atoms with van der Waals surface area (Å²) < 4.78 is 1.11. The van der Waals surface area contributed by atoms with Gasteiger partial charge in [0.05, 0.1) is 10.2 Å². The maximum absolute atomic E-state index is 5.76. The van der Waals surface area contributed by atoms with Crippen LogP contribution in [0.15, 0.2) is 43.5 Å². The second-order valence-electron chi connectivity index (χ2n) is 3.71. The van der Waals surface area contributed by atoms with Gasteiger partial charge in [0, 0.05) is 18.8 Å². The van der Waals surface area contributed by atoms with Crippen LogP contribution in [-0.2, 0) is 0 Å². The number of hydrogen-bond acceptors (Lipinski definition) is 4. The molecule has 1 heterocycles. The molecular weight excluding hydrogens is 230 g/mol. The van der Waals surface area contributed by atoms with Crippen molar-refractivity contribution in [2.45, 2.75) is 0 Å². The average Bonchev–Trinajstić information content (AvgIpc) is 2.71. The predicted octanol–water partition coefficient (Wildman–Crippen LogP) is 3.06. The topological polar surface area (TPSA) is 42.2 Å². The highest BCUT2D eigenvalue weighted by atomic mass is 32.1. The molecule has 0 saturated carbocycles. The van der Waals surface area contributed by atoms with Crippen molar-refractivity contribution in [2.75, 3.05) is 23.7 Å². The summed E-state index contributed by atoms with van der Waals surface area (Å²) in [6.07, 6.45) is 3.73. The molecule has 0 aliphatic heterocycles. The molecule has 0 fully saturated rings. The van der Waals surface area contributed by atoms with Gasteiger partial charge in [-0.2, -0.15) is 0 Å². The Balaban J connectivity index is 2.39. The van der Waals surface area contributed by atoms with Crippen molar-refractivity contribution < 1.29 is 0 Å². The minimum absolute atomic E-state index is 0.765. The van der Waals surface area contributed by atoms with Gasteiger partial charge in [0.1, 0.15) is 0 Å². The van der Waals surface area contributed by atoms with E-state index < -0.39 is 0 Å². The van der Waals surface area contributed by atoms with E-state index in [1.165, 1.54) is 0 Å². The van der Waals surface area contributed by atoms with E-state index in [0.717, 1.165) is 34.1 Å². The molecule has 0 unspecified atom stereocenters. The summed E-state index contributed by atoms with van der Waals surface area (Å²) in [5.41, 5.74) is 7.51. The zero-order chi connectivity index (χ0) is 12.3. The molecule has 2 rings (SSSR count). The number of fused-ring (bicyclic) bond motifs is 1. The van der Waals surface area contributed by atoms with E-state index in [9.17, 15) is 0 Å². The van der Waals surface area contributed by atoms with Crippen LogP contribution in [-0.4, -0.2) is 18.1 Å². The number of thiazole rings is 1. The van der Waals surface area contributed by atoms with Crippen LogP contribution in [0.3, 0.4) is 0 Å². The number of nitrogens with two attached hydrogens (primary N) is 1. The molecule has 0 amide bonds. The fraction of sp³-hybridized carbons (Fsp3) is 0.154. The summed E-state index contributed by atoms with van der Waals surface area (Å²) in [5.74, 6) is 0. The van der Waals surface area contributed by atoms with Crippen LogP contribution < -0.4 is 10.6 Å². The summed E-state index contributed by atoms with van der Waals surface area (Å²) >= 11 is 1.64. The number of nitrogen functional groups attached to an aromatic ring is 1. The molecule has 2 aromatic rings. The summed E-state index contributed by atoms with van der Waals surface area (Å²) in [6.45, 7) is 9.04. The van der Waals surface area contributed by atoms with Crippen molar-refractivity contribution in [1.82, 2.24) is 4.98 Å². The van der Waals surface area contributed by atoms with Gasteiger partial charge in [0.15, 0.2) is 5.13 Å². The molecule has 3 nitrogen and oxygen atoms in total. The minimum atomic E-state index is 0.765. The molecule has 4 heteroatoms. The fourth-order valence-electron chi connectivity index (χ4n) is 1.61. The van der Waals surface area contributed by atoms with Crippen LogP contribution in [0.5, 0.6) is 0 Å². The molecule has 1 aromatic carbocycles. The van der Waals surface area contributed by atoms with Gasteiger partial charge in [0.2, 0.25) is 0 Å². The van der Waals surface area contributed by atoms with Gasteiger partial charge in [-0.05, 0) is 18.2 Å². The Morgan fingerprint density at radius 3 is 2.65 bits per heavy atom. The Kier molecular flexibility index (Phi) is 3.44. The molecule has 1 aromatic heterocycles. The van der Waals surface area contributed by atoms with Gasteiger partial charge >= 0.3 is 0 Å². The lowest BCUT2D eigenvalue weighted by atomic mass is 10.3. The lowest BCUT2D eigenvalue weighted by Crippen LogP contribution is -2.22. The highest BCUT2D eigenvalue weighted by molar-refractivity contribution is 7.22. The van der Waals surface area contributed by atoms with Crippen LogP contribution >= 0.6 is 11.3 Å². The van der Waals surface area contributed by atoms with Crippen molar-refractivity contribution in [3.63, 3.8) is 0 Å². The van der Waals surface area contributed by atoms with E-state index >= 15 is 0 Å². The standard InChI is InChI=1S/C13H15N3S/c1-3-7-16(8-4-2)13-15-11-6-5-10(14)9-12(11)17-13/h3-6,9H,1-2,7-8,14H2. The lowest BCUT2D eigenvalue weighted by molar-refractivity contribution is 0.949. The smallest absolute Gasteiger partial charge is 0.187 e. The van der Waals surface area contributed by atoms with Crippen molar-refractivity contribution in [1.29, 1.82) is 0 Å². The zero-order valence-electron chi connectivity index (χ0n) is 9.60. The Hall–Kier alpha value is -1.81. The lowest BCUT2D eigenvalue weighted by Gasteiger charge is -2.17. The largest absolute Gasteiger partial charge is 0.399 e. The Morgan fingerprint density at radius 2 is 2.00 bits per heavy atom. The first-order valence-corrected chi connectivity index (χ1v) is 6.19. The summed E-state index contributed by atoms with van der Waals surface area (Å²) in [6, 6.07) is 5.78. The highest BCUT2D eigenvalue weighted by Crippen LogP contribution is 2.29. The van der Waals surface area contributed by atoms with Crippen molar-refractivity contribution in [3.8, 4) is 0 Å². The van der Waals surface area contributed by atoms with Gasteiger partial charge in [-0.1, -0.05) is 23.5 Å². The molecule has 88 valence electrons. The third kappa shape index (κ3) is 2.47. The molecule has 17 heavy (non-hydrogen) atoms. The molecule has 0 atom stereocenters. The number of nitrogens with zero attached hydrogens (tertiary/aromatic N) is 2. The molecule has 2 N–H and O–H groups in total. The zero-order valence-corrected chi connectivity index (χ0v) is 10.4. The molecule has 0 aliphatic carbocycles. The van der Waals surface area contributed by atoms with E-state index in [0.29, 0.717) is 0 Å². The number of anilines is 2. The third-order valence-electron chi connectivity index (χ3n) is 2.37. The molecule has 0 spiro atoms. The van der Waals surface area contributed by atoms with Crippen molar-refractivity contribution in [3.05, 3.63) is 43.5 Å². The second kappa shape index (κ2) is 5.01. The second-order valence-corrected chi connectivity index (χ2v) is 4.72. The van der Waals surface area contributed by atoms with Crippen molar-refractivity contribution in [2.24, 2.45) is 0 Å². The first kappa shape index (κ1) is 11.7. The minimum Gasteiger partial charge on any atom is -0.399 e. The first-order valence-electron chi connectivity index (χ1n) is 5.37. The van der Waals surface area contributed by atoms with E-state index in [4.69, 9.17) is 5.73 Å². The monoisotopic (exact) mass is 245 g/mol. The highest BCUT2D eigenvalue weighted by Gasteiger charge is 2.09. The summed E-state index contributed by atoms with van der Waals surface area (Å²) in [4.78, 5) is 6.71. The predicted molar refractivity (Wildman–Crippen MR) is 76.6 cm³/mol. The molecular formula is C13H15N3S. The average molecular weight is 245 g/mol. The van der Waals surface area contributed by atoms with E-state index in [1.807, 2.05) is 30.4 Å². The van der Waals surface area contributed by atoms with Crippen LogP contribution in [0.4, 0.5) is 10.8 Å². The van der Waals surface area contributed by atoms with Crippen LogP contribution in [0.1, 0.15) is 0 Å². The van der Waals surface area contributed by atoms with Gasteiger partial charge in [0.25, 0.3) is 0 Å². The number of rotatable bonds is 5. The SMILES string of the molecule is C=CCN(CC=C)c1nc2ccc(N)cc2s1. The summed E-state index contributed by atoms with van der Waals surface area (Å²) in [5, 5.41) is 0.977. The van der Waals surface area contributed by atoms with E-state index in [1.54, 1.807) is 11.3 Å². The maximum atomic E-state index is 5.76. The van der Waals surface area contributed by atoms with Gasteiger partial charge in [-0.25, -0.2) is 4.98 Å². The Morgan fingerprint density at radius 1 is 1.29 bits per heavy atom. The Labute approximate surface area is 105 Å². The van der Waals surface area contributed by atoms with Gasteiger partial charge in [-0.3, -0.25) is 0 Å². The molecule has 0 aliphatic rings. The third-order valence-corrected chi connectivity index (χ3v) is 3.45. The quantitative estimate of drug-likeness (QED) is 0.650.